The van der Waals surface area contributed by atoms with Gasteiger partial charge in [0.15, 0.2) is 0 Å². The van der Waals surface area contributed by atoms with Crippen molar-refractivity contribution in [3.05, 3.63) is 47.7 Å². The zero-order valence-corrected chi connectivity index (χ0v) is 13.8. The van der Waals surface area contributed by atoms with Crippen molar-refractivity contribution >= 4 is 11.7 Å². The first-order valence-electron chi connectivity index (χ1n) is 8.57. The number of rotatable bonds is 6. The molecule has 2 aliphatic rings. The summed E-state index contributed by atoms with van der Waals surface area (Å²) in [6.45, 7) is 0.572. The Hall–Kier alpha value is -2.57. The van der Waals surface area contributed by atoms with E-state index in [1.807, 2.05) is 12.1 Å². The lowest BCUT2D eigenvalue weighted by Gasteiger charge is -2.41. The number of carbonyl (C=O) groups is 1. The topological polar surface area (TPSA) is 93.8 Å². The molecule has 130 valence electrons. The van der Waals surface area contributed by atoms with E-state index in [4.69, 9.17) is 5.73 Å². The molecule has 0 saturated heterocycles. The largest absolute Gasteiger partial charge is 0.369 e. The molecule has 0 aliphatic heterocycles. The van der Waals surface area contributed by atoms with Crippen LogP contribution in [0.3, 0.4) is 0 Å². The first kappa shape index (κ1) is 15.9. The number of hydrogen-bond acceptors (Lipinski definition) is 5. The fraction of sp³-hybridized carbons (Fsp3) is 0.444. The van der Waals surface area contributed by atoms with Gasteiger partial charge in [0, 0.05) is 30.0 Å². The monoisotopic (exact) mass is 341 g/mol. The number of nitrogens with one attached hydrogen (secondary N) is 1. The Labute approximate surface area is 145 Å². The summed E-state index contributed by atoms with van der Waals surface area (Å²) in [7, 11) is 0. The molecule has 7 heteroatoms. The van der Waals surface area contributed by atoms with Gasteiger partial charge in [-0.3, -0.25) is 9.78 Å². The summed E-state index contributed by atoms with van der Waals surface area (Å²) in [5.74, 6) is 0.0933. The van der Waals surface area contributed by atoms with Crippen molar-refractivity contribution in [1.29, 1.82) is 0 Å². The minimum Gasteiger partial charge on any atom is -0.369 e. The normalized spacial score (nSPS) is 23.6. The van der Waals surface area contributed by atoms with E-state index in [0.29, 0.717) is 18.1 Å². The number of hydrogen-bond donors (Lipinski definition) is 2. The highest BCUT2D eigenvalue weighted by molar-refractivity contribution is 5.80. The molecule has 0 aromatic carbocycles. The second-order valence-electron chi connectivity index (χ2n) is 7.02. The number of aromatic nitrogens is 3. The molecular formula is C18H20FN5O. The summed E-state index contributed by atoms with van der Waals surface area (Å²) in [5, 5.41) is 11.6. The molecule has 1 amide bonds. The predicted molar refractivity (Wildman–Crippen MR) is 90.3 cm³/mol. The molecule has 2 atom stereocenters. The minimum absolute atomic E-state index is 0.0969. The van der Waals surface area contributed by atoms with E-state index in [1.54, 1.807) is 12.3 Å². The number of pyridine rings is 1. The molecule has 2 fully saturated rings. The van der Waals surface area contributed by atoms with Crippen LogP contribution >= 0.6 is 0 Å². The number of nitrogens with zero attached hydrogens (tertiary/aromatic N) is 3. The van der Waals surface area contributed by atoms with Gasteiger partial charge in [0.25, 0.3) is 0 Å². The van der Waals surface area contributed by atoms with Crippen LogP contribution in [0.5, 0.6) is 0 Å². The van der Waals surface area contributed by atoms with Crippen molar-refractivity contribution in [2.75, 3.05) is 11.9 Å². The van der Waals surface area contributed by atoms with Gasteiger partial charge in [-0.05, 0) is 43.5 Å². The molecule has 3 N–H and O–H groups in total. The van der Waals surface area contributed by atoms with Crippen LogP contribution in [-0.2, 0) is 10.2 Å². The molecular weight excluding hydrogens is 321 g/mol. The lowest BCUT2D eigenvalue weighted by Crippen LogP contribution is -2.42. The van der Waals surface area contributed by atoms with Gasteiger partial charge in [0.1, 0.15) is 11.6 Å². The van der Waals surface area contributed by atoms with Crippen LogP contribution in [0.4, 0.5) is 10.2 Å². The van der Waals surface area contributed by atoms with Crippen LogP contribution in [0.1, 0.15) is 43.0 Å². The van der Waals surface area contributed by atoms with Crippen LogP contribution in [0.2, 0.25) is 0 Å². The molecule has 6 nitrogen and oxygen atoms in total. The van der Waals surface area contributed by atoms with Gasteiger partial charge in [-0.25, -0.2) is 4.39 Å². The van der Waals surface area contributed by atoms with Gasteiger partial charge < -0.3 is 11.1 Å². The van der Waals surface area contributed by atoms with Gasteiger partial charge in [-0.15, -0.1) is 5.10 Å². The lowest BCUT2D eigenvalue weighted by atomic mass is 9.66. The van der Waals surface area contributed by atoms with Crippen LogP contribution in [0, 0.1) is 11.7 Å². The Morgan fingerprint density at radius 2 is 2.16 bits per heavy atom. The Balaban J connectivity index is 1.43. The Morgan fingerprint density at radius 3 is 2.72 bits per heavy atom. The Kier molecular flexibility index (Phi) is 3.86. The molecule has 2 aromatic heterocycles. The molecule has 4 rings (SSSR count). The molecule has 2 aromatic rings. The van der Waals surface area contributed by atoms with E-state index in [2.05, 4.69) is 20.5 Å². The predicted octanol–water partition coefficient (Wildman–Crippen LogP) is 2.13. The number of halogens is 1. The number of primary amides is 1. The molecule has 2 saturated carbocycles. The van der Waals surface area contributed by atoms with E-state index < -0.39 is 0 Å². The number of carbonyl (C=O) groups excluding carboxylic acids is 1. The highest BCUT2D eigenvalue weighted by atomic mass is 19.1. The second-order valence-corrected chi connectivity index (χ2v) is 7.02. The van der Waals surface area contributed by atoms with Gasteiger partial charge in [0.05, 0.1) is 11.4 Å². The smallest absolute Gasteiger partial charge is 0.221 e. The standard InChI is InChI=1S/C18H20FN5O/c19-13-3-1-8-21-16(13)18(6-2-7-18)10-22-15-5-4-14(23-24-15)11-9-12(11)17(20)25/h1,3-5,8,11-12H,2,6-7,9-10H2,(H2,20,25)(H,22,24)/t11-,12-/m0/s1. The van der Waals surface area contributed by atoms with Gasteiger partial charge in [-0.1, -0.05) is 6.42 Å². The van der Waals surface area contributed by atoms with E-state index in [0.717, 1.165) is 31.4 Å². The number of nitrogens with two attached hydrogens (primary N) is 1. The quantitative estimate of drug-likeness (QED) is 0.839. The summed E-state index contributed by atoms with van der Waals surface area (Å²) in [6.07, 6.45) is 5.26. The van der Waals surface area contributed by atoms with E-state index >= 15 is 0 Å². The van der Waals surface area contributed by atoms with Crippen LogP contribution in [0.25, 0.3) is 0 Å². The maximum absolute atomic E-state index is 14.1. The molecule has 2 heterocycles. The SMILES string of the molecule is NC(=O)[C@H]1C[C@@H]1c1ccc(NCC2(c3ncccc3F)CCC2)nn1. The van der Waals surface area contributed by atoms with Crippen molar-refractivity contribution < 1.29 is 9.18 Å². The van der Waals surface area contributed by atoms with E-state index in [9.17, 15) is 9.18 Å². The number of anilines is 1. The maximum Gasteiger partial charge on any atom is 0.221 e. The third-order valence-corrected chi connectivity index (χ3v) is 5.40. The fourth-order valence-electron chi connectivity index (χ4n) is 3.61. The first-order chi connectivity index (χ1) is 12.1. The van der Waals surface area contributed by atoms with Crippen LogP contribution in [-0.4, -0.2) is 27.6 Å². The highest BCUT2D eigenvalue weighted by Crippen LogP contribution is 2.46. The van der Waals surface area contributed by atoms with Crippen molar-refractivity contribution in [2.45, 2.75) is 37.0 Å². The second kappa shape index (κ2) is 6.06. The first-order valence-corrected chi connectivity index (χ1v) is 8.57. The summed E-state index contributed by atoms with van der Waals surface area (Å²) in [5.41, 5.74) is 6.35. The highest BCUT2D eigenvalue weighted by Gasteiger charge is 2.44. The van der Waals surface area contributed by atoms with Crippen molar-refractivity contribution in [3.8, 4) is 0 Å². The lowest BCUT2D eigenvalue weighted by molar-refractivity contribution is -0.119. The summed E-state index contributed by atoms with van der Waals surface area (Å²) >= 11 is 0. The molecule has 2 aliphatic carbocycles. The van der Waals surface area contributed by atoms with Crippen molar-refractivity contribution in [1.82, 2.24) is 15.2 Å². The Bertz CT molecular complexity index is 790. The molecule has 0 spiro atoms. The van der Waals surface area contributed by atoms with E-state index in [-0.39, 0.29) is 29.0 Å². The van der Waals surface area contributed by atoms with Gasteiger partial charge in [-0.2, -0.15) is 5.10 Å². The zero-order chi connectivity index (χ0) is 17.4. The molecule has 0 unspecified atom stereocenters. The average molecular weight is 341 g/mol. The fourth-order valence-corrected chi connectivity index (χ4v) is 3.61. The van der Waals surface area contributed by atoms with Gasteiger partial charge >= 0.3 is 0 Å². The van der Waals surface area contributed by atoms with Crippen LogP contribution in [0.15, 0.2) is 30.5 Å². The Morgan fingerprint density at radius 1 is 1.32 bits per heavy atom. The number of amides is 1. The van der Waals surface area contributed by atoms with E-state index in [1.165, 1.54) is 6.07 Å². The molecule has 0 bridgehead atoms. The summed E-state index contributed by atoms with van der Waals surface area (Å²) in [6, 6.07) is 6.79. The molecule has 0 radical (unpaired) electrons. The average Bonchev–Trinajstić information content (AvgIpc) is 3.37. The zero-order valence-electron chi connectivity index (χ0n) is 13.8. The summed E-state index contributed by atoms with van der Waals surface area (Å²) < 4.78 is 14.1. The third-order valence-electron chi connectivity index (χ3n) is 5.40. The molecule has 25 heavy (non-hydrogen) atoms. The maximum atomic E-state index is 14.1. The summed E-state index contributed by atoms with van der Waals surface area (Å²) in [4.78, 5) is 15.4. The van der Waals surface area contributed by atoms with Gasteiger partial charge in [0.2, 0.25) is 5.91 Å². The minimum atomic E-state index is -0.279. The van der Waals surface area contributed by atoms with Crippen LogP contribution < -0.4 is 11.1 Å². The third kappa shape index (κ3) is 2.94. The van der Waals surface area contributed by atoms with Crippen molar-refractivity contribution in [3.63, 3.8) is 0 Å². The van der Waals surface area contributed by atoms with Crippen molar-refractivity contribution in [2.24, 2.45) is 11.7 Å².